The fraction of sp³-hybridized carbons (Fsp3) is 0.632. The Morgan fingerprint density at radius 2 is 2.00 bits per heavy atom. The average Bonchev–Trinajstić information content (AvgIpc) is 3.04. The van der Waals surface area contributed by atoms with Gasteiger partial charge in [0.25, 0.3) is 0 Å². The number of aryl methyl sites for hydroxylation is 1. The molecular formula is C19H31Cl2FN4O. The summed E-state index contributed by atoms with van der Waals surface area (Å²) in [5.41, 5.74) is 2.57. The van der Waals surface area contributed by atoms with E-state index in [1.807, 2.05) is 0 Å². The van der Waals surface area contributed by atoms with Gasteiger partial charge in [-0.25, -0.2) is 4.39 Å². The molecule has 0 aliphatic carbocycles. The van der Waals surface area contributed by atoms with Gasteiger partial charge in [-0.3, -0.25) is 9.69 Å². The average molecular weight is 421 g/mol. The van der Waals surface area contributed by atoms with Crippen molar-refractivity contribution in [1.29, 1.82) is 0 Å². The molecule has 2 fully saturated rings. The Morgan fingerprint density at radius 3 is 2.63 bits per heavy atom. The molecule has 0 bridgehead atoms. The number of rotatable bonds is 6. The summed E-state index contributed by atoms with van der Waals surface area (Å²) in [6.45, 7) is 7.80. The molecule has 1 aromatic rings. The van der Waals surface area contributed by atoms with Crippen LogP contribution in [0.25, 0.3) is 0 Å². The van der Waals surface area contributed by atoms with E-state index in [1.165, 1.54) is 11.3 Å². The molecule has 2 heterocycles. The third-order valence-electron chi connectivity index (χ3n) is 5.11. The van der Waals surface area contributed by atoms with E-state index in [2.05, 4.69) is 51.6 Å². The number of piperazine rings is 1. The van der Waals surface area contributed by atoms with E-state index in [-0.39, 0.29) is 36.8 Å². The Balaban J connectivity index is 0.00000182. The van der Waals surface area contributed by atoms with E-state index in [4.69, 9.17) is 0 Å². The van der Waals surface area contributed by atoms with Gasteiger partial charge in [-0.2, -0.15) is 0 Å². The maximum absolute atomic E-state index is 13.1. The maximum atomic E-state index is 13.1. The van der Waals surface area contributed by atoms with Gasteiger partial charge in [0.2, 0.25) is 5.91 Å². The third kappa shape index (κ3) is 7.45. The lowest BCUT2D eigenvalue weighted by Crippen LogP contribution is -2.47. The first-order valence-corrected chi connectivity index (χ1v) is 9.28. The van der Waals surface area contributed by atoms with Crippen LogP contribution >= 0.6 is 24.8 Å². The quantitative estimate of drug-likeness (QED) is 0.739. The molecule has 0 spiro atoms. The van der Waals surface area contributed by atoms with Crippen LogP contribution in [0.3, 0.4) is 0 Å². The van der Waals surface area contributed by atoms with Crippen molar-refractivity contribution in [3.63, 3.8) is 0 Å². The van der Waals surface area contributed by atoms with Crippen LogP contribution in [0.2, 0.25) is 0 Å². The number of anilines is 1. The van der Waals surface area contributed by atoms with Crippen LogP contribution in [0.15, 0.2) is 24.3 Å². The van der Waals surface area contributed by atoms with Crippen LogP contribution < -0.4 is 15.5 Å². The molecule has 0 radical (unpaired) electrons. The monoisotopic (exact) mass is 420 g/mol. The molecule has 154 valence electrons. The summed E-state index contributed by atoms with van der Waals surface area (Å²) in [5, 5.41) is 6.01. The second-order valence-corrected chi connectivity index (χ2v) is 7.16. The Morgan fingerprint density at radius 1 is 1.26 bits per heavy atom. The number of hydrogen-bond donors (Lipinski definition) is 2. The van der Waals surface area contributed by atoms with Gasteiger partial charge in [0.15, 0.2) is 0 Å². The Labute approximate surface area is 173 Å². The second-order valence-electron chi connectivity index (χ2n) is 7.16. The highest BCUT2D eigenvalue weighted by Crippen LogP contribution is 2.17. The first-order chi connectivity index (χ1) is 12.1. The molecule has 0 saturated carbocycles. The minimum absolute atomic E-state index is 0. The van der Waals surface area contributed by atoms with Crippen molar-refractivity contribution in [3.8, 4) is 0 Å². The summed E-state index contributed by atoms with van der Waals surface area (Å²) < 4.78 is 13.1. The van der Waals surface area contributed by atoms with Crippen molar-refractivity contribution in [3.05, 3.63) is 29.8 Å². The normalized spacial score (nSPS) is 22.7. The number of benzene rings is 1. The number of nitrogens with one attached hydrogen (secondary N) is 2. The van der Waals surface area contributed by atoms with E-state index >= 15 is 0 Å². The highest BCUT2D eigenvalue weighted by Gasteiger charge is 2.23. The zero-order valence-electron chi connectivity index (χ0n) is 15.8. The molecule has 0 aromatic heterocycles. The minimum Gasteiger partial charge on any atom is -0.369 e. The van der Waals surface area contributed by atoms with E-state index in [9.17, 15) is 9.18 Å². The number of nitrogens with zero attached hydrogens (tertiary/aromatic N) is 2. The number of halogens is 3. The molecule has 5 nitrogen and oxygen atoms in total. The Hall–Kier alpha value is -1.08. The highest BCUT2D eigenvalue weighted by molar-refractivity contribution is 5.85. The van der Waals surface area contributed by atoms with Crippen molar-refractivity contribution in [2.24, 2.45) is 0 Å². The number of carbonyl (C=O) groups is 1. The van der Waals surface area contributed by atoms with Gasteiger partial charge in [0.1, 0.15) is 6.17 Å². The number of alkyl halides is 1. The van der Waals surface area contributed by atoms with Gasteiger partial charge in [-0.1, -0.05) is 12.1 Å². The predicted molar refractivity (Wildman–Crippen MR) is 113 cm³/mol. The van der Waals surface area contributed by atoms with Crippen LogP contribution in [0.5, 0.6) is 0 Å². The largest absolute Gasteiger partial charge is 0.369 e. The fourth-order valence-electron chi connectivity index (χ4n) is 3.56. The molecule has 1 aromatic carbocycles. The van der Waals surface area contributed by atoms with Crippen molar-refractivity contribution in [1.82, 2.24) is 15.5 Å². The van der Waals surface area contributed by atoms with Gasteiger partial charge in [0.05, 0.1) is 0 Å². The molecular weight excluding hydrogens is 390 g/mol. The molecule has 8 heteroatoms. The maximum Gasteiger partial charge on any atom is 0.221 e. The summed E-state index contributed by atoms with van der Waals surface area (Å²) >= 11 is 0. The lowest BCUT2D eigenvalue weighted by Gasteiger charge is -2.36. The zero-order valence-corrected chi connectivity index (χ0v) is 17.5. The van der Waals surface area contributed by atoms with Crippen LogP contribution in [0, 0.1) is 6.92 Å². The van der Waals surface area contributed by atoms with Gasteiger partial charge < -0.3 is 15.5 Å². The standard InChI is InChI=1S/C19H29FN4O.2ClH/c1-15-3-2-4-18(11-15)24-9-7-23(8-10-24)6-5-19(25)22-14-17-12-16(20)13-21-17;;/h2-4,11,16-17,21H,5-10,12-14H2,1H3,(H,22,25);2*1H/t16-,17-;;/m0../s1. The van der Waals surface area contributed by atoms with Crippen molar-refractivity contribution >= 4 is 36.4 Å². The molecule has 3 rings (SSSR count). The molecule has 2 aliphatic heterocycles. The van der Waals surface area contributed by atoms with E-state index < -0.39 is 6.17 Å². The van der Waals surface area contributed by atoms with Crippen molar-refractivity contribution in [2.75, 3.05) is 50.7 Å². The summed E-state index contributed by atoms with van der Waals surface area (Å²) in [4.78, 5) is 16.7. The van der Waals surface area contributed by atoms with Crippen LogP contribution in [-0.4, -0.2) is 68.8 Å². The number of amides is 1. The van der Waals surface area contributed by atoms with Crippen LogP contribution in [0.4, 0.5) is 10.1 Å². The molecule has 2 atom stereocenters. The smallest absolute Gasteiger partial charge is 0.221 e. The van der Waals surface area contributed by atoms with Gasteiger partial charge in [0, 0.05) is 64.0 Å². The van der Waals surface area contributed by atoms with Gasteiger partial charge in [-0.05, 0) is 31.0 Å². The zero-order chi connectivity index (χ0) is 17.6. The summed E-state index contributed by atoms with van der Waals surface area (Å²) in [6, 6.07) is 8.69. The third-order valence-corrected chi connectivity index (χ3v) is 5.11. The number of carbonyl (C=O) groups excluding carboxylic acids is 1. The second kappa shape index (κ2) is 11.7. The lowest BCUT2D eigenvalue weighted by molar-refractivity contribution is -0.121. The summed E-state index contributed by atoms with van der Waals surface area (Å²) in [7, 11) is 0. The molecule has 27 heavy (non-hydrogen) atoms. The number of hydrogen-bond acceptors (Lipinski definition) is 4. The van der Waals surface area contributed by atoms with E-state index in [0.717, 1.165) is 32.7 Å². The SMILES string of the molecule is Cc1cccc(N2CCN(CCC(=O)NC[C@@H]3C[C@H](F)CN3)CC2)c1.Cl.Cl. The minimum atomic E-state index is -0.772. The summed E-state index contributed by atoms with van der Waals surface area (Å²) in [5.74, 6) is 0.0604. The van der Waals surface area contributed by atoms with Crippen LogP contribution in [-0.2, 0) is 4.79 Å². The molecule has 2 N–H and O–H groups in total. The molecule has 2 aliphatic rings. The fourth-order valence-corrected chi connectivity index (χ4v) is 3.56. The van der Waals surface area contributed by atoms with Crippen molar-refractivity contribution < 1.29 is 9.18 Å². The van der Waals surface area contributed by atoms with Crippen molar-refractivity contribution in [2.45, 2.75) is 32.0 Å². The van der Waals surface area contributed by atoms with Gasteiger partial charge in [-0.15, -0.1) is 24.8 Å². The Kier molecular flexibility index (Phi) is 10.4. The highest BCUT2D eigenvalue weighted by atomic mass is 35.5. The van der Waals surface area contributed by atoms with Crippen LogP contribution in [0.1, 0.15) is 18.4 Å². The first-order valence-electron chi connectivity index (χ1n) is 9.28. The predicted octanol–water partition coefficient (Wildman–Crippen LogP) is 2.17. The first kappa shape index (κ1) is 24.0. The van der Waals surface area contributed by atoms with E-state index in [0.29, 0.717) is 25.9 Å². The van der Waals surface area contributed by atoms with Gasteiger partial charge >= 0.3 is 0 Å². The summed E-state index contributed by atoms with van der Waals surface area (Å²) in [6.07, 6.45) is 0.240. The lowest BCUT2D eigenvalue weighted by atomic mass is 10.2. The molecule has 0 unspecified atom stereocenters. The molecule has 2 saturated heterocycles. The topological polar surface area (TPSA) is 47.6 Å². The van der Waals surface area contributed by atoms with E-state index in [1.54, 1.807) is 0 Å². The molecule has 1 amide bonds. The Bertz CT molecular complexity index is 585.